The number of carbonyl (C=O) groups excluding carboxylic acids is 2. The Morgan fingerprint density at radius 1 is 1.32 bits per heavy atom. The third-order valence-corrected chi connectivity index (χ3v) is 5.75. The summed E-state index contributed by atoms with van der Waals surface area (Å²) in [4.78, 5) is 30.3. The van der Waals surface area contributed by atoms with Crippen LogP contribution in [0.1, 0.15) is 37.3 Å². The minimum Gasteiger partial charge on any atom is -0.472 e. The number of thiazole rings is 1. The SMILES string of the molecule is CCOC(=O)Cc1csc(NC(=O)CN2CCC(c3nnc(-c4ccoc4)o3)CC2)n1. The van der Waals surface area contributed by atoms with Crippen LogP contribution in [-0.4, -0.2) is 58.2 Å². The summed E-state index contributed by atoms with van der Waals surface area (Å²) >= 11 is 1.30. The van der Waals surface area contributed by atoms with E-state index in [0.717, 1.165) is 31.5 Å². The van der Waals surface area contributed by atoms with E-state index in [1.807, 2.05) is 0 Å². The van der Waals surface area contributed by atoms with Gasteiger partial charge in [0.25, 0.3) is 5.89 Å². The third-order valence-electron chi connectivity index (χ3n) is 4.94. The molecule has 1 fully saturated rings. The number of nitrogens with zero attached hydrogens (tertiary/aromatic N) is 4. The zero-order valence-electron chi connectivity index (χ0n) is 17.1. The van der Waals surface area contributed by atoms with Crippen LogP contribution in [0.15, 0.2) is 32.8 Å². The lowest BCUT2D eigenvalue weighted by atomic mass is 9.97. The molecule has 11 heteroatoms. The van der Waals surface area contributed by atoms with Crippen LogP contribution in [0.25, 0.3) is 11.5 Å². The lowest BCUT2D eigenvalue weighted by Gasteiger charge is -2.29. The summed E-state index contributed by atoms with van der Waals surface area (Å²) in [7, 11) is 0. The maximum absolute atomic E-state index is 12.4. The molecular formula is C20H23N5O5S. The van der Waals surface area contributed by atoms with E-state index in [2.05, 4.69) is 25.4 Å². The average Bonchev–Trinajstić information content (AvgIpc) is 3.50. The van der Waals surface area contributed by atoms with Crippen LogP contribution in [0.3, 0.4) is 0 Å². The van der Waals surface area contributed by atoms with Crippen LogP contribution in [-0.2, 0) is 20.7 Å². The summed E-state index contributed by atoms with van der Waals surface area (Å²) in [5, 5.41) is 13.3. The molecule has 1 aliphatic heterocycles. The molecule has 0 aliphatic carbocycles. The van der Waals surface area contributed by atoms with Gasteiger partial charge >= 0.3 is 5.97 Å². The summed E-state index contributed by atoms with van der Waals surface area (Å²) in [6.07, 6.45) is 4.91. The molecule has 3 aromatic rings. The number of likely N-dealkylation sites (tertiary alicyclic amines) is 1. The Bertz CT molecular complexity index is 1010. The van der Waals surface area contributed by atoms with Crippen molar-refractivity contribution < 1.29 is 23.2 Å². The second-order valence-corrected chi connectivity index (χ2v) is 8.04. The van der Waals surface area contributed by atoms with Crippen LogP contribution >= 0.6 is 11.3 Å². The fraction of sp³-hybridized carbons (Fsp3) is 0.450. The Balaban J connectivity index is 1.22. The van der Waals surface area contributed by atoms with Crippen molar-refractivity contribution in [3.63, 3.8) is 0 Å². The molecule has 0 aromatic carbocycles. The Hall–Kier alpha value is -3.05. The van der Waals surface area contributed by atoms with Gasteiger partial charge in [-0.2, -0.15) is 0 Å². The molecule has 4 rings (SSSR count). The zero-order valence-corrected chi connectivity index (χ0v) is 17.9. The number of piperidine rings is 1. The van der Waals surface area contributed by atoms with Gasteiger partial charge in [-0.1, -0.05) is 0 Å². The van der Waals surface area contributed by atoms with Crippen molar-refractivity contribution in [2.45, 2.75) is 32.1 Å². The van der Waals surface area contributed by atoms with E-state index < -0.39 is 0 Å². The Kier molecular flexibility index (Phi) is 6.73. The maximum Gasteiger partial charge on any atom is 0.311 e. The lowest BCUT2D eigenvalue weighted by molar-refractivity contribution is -0.142. The number of anilines is 1. The van der Waals surface area contributed by atoms with Crippen molar-refractivity contribution in [1.29, 1.82) is 0 Å². The number of furan rings is 1. The number of hydrogen-bond acceptors (Lipinski definition) is 10. The van der Waals surface area contributed by atoms with E-state index >= 15 is 0 Å². The molecule has 10 nitrogen and oxygen atoms in total. The van der Waals surface area contributed by atoms with Gasteiger partial charge in [0, 0.05) is 11.3 Å². The number of amides is 1. The van der Waals surface area contributed by atoms with Gasteiger partial charge in [0.1, 0.15) is 6.26 Å². The van der Waals surface area contributed by atoms with Crippen molar-refractivity contribution in [2.75, 3.05) is 31.6 Å². The Labute approximate surface area is 182 Å². The summed E-state index contributed by atoms with van der Waals surface area (Å²) in [6, 6.07) is 1.78. The topological polar surface area (TPSA) is 124 Å². The van der Waals surface area contributed by atoms with Gasteiger partial charge in [-0.25, -0.2) is 4.98 Å². The summed E-state index contributed by atoms with van der Waals surface area (Å²) in [6.45, 7) is 3.89. The van der Waals surface area contributed by atoms with Gasteiger partial charge in [0.2, 0.25) is 11.8 Å². The van der Waals surface area contributed by atoms with Crippen LogP contribution in [0.2, 0.25) is 0 Å². The third kappa shape index (κ3) is 5.56. The predicted octanol–water partition coefficient (Wildman–Crippen LogP) is 2.71. The molecule has 0 radical (unpaired) electrons. The first-order valence-corrected chi connectivity index (χ1v) is 11.0. The van der Waals surface area contributed by atoms with Crippen molar-refractivity contribution in [1.82, 2.24) is 20.1 Å². The number of rotatable bonds is 8. The first-order chi connectivity index (χ1) is 15.1. The minimum absolute atomic E-state index is 0.103. The molecule has 0 spiro atoms. The number of esters is 1. The van der Waals surface area contributed by atoms with Crippen molar-refractivity contribution in [3.8, 4) is 11.5 Å². The average molecular weight is 446 g/mol. The lowest BCUT2D eigenvalue weighted by Crippen LogP contribution is -2.38. The van der Waals surface area contributed by atoms with Crippen molar-refractivity contribution in [2.24, 2.45) is 0 Å². The van der Waals surface area contributed by atoms with Crippen LogP contribution in [0, 0.1) is 0 Å². The second kappa shape index (κ2) is 9.84. The zero-order chi connectivity index (χ0) is 21.6. The van der Waals surface area contributed by atoms with E-state index in [1.165, 1.54) is 11.3 Å². The number of aromatic nitrogens is 3. The van der Waals surface area contributed by atoms with Crippen molar-refractivity contribution >= 4 is 28.3 Å². The number of hydrogen-bond donors (Lipinski definition) is 1. The molecule has 0 atom stereocenters. The van der Waals surface area contributed by atoms with Crippen LogP contribution < -0.4 is 5.32 Å². The van der Waals surface area contributed by atoms with E-state index in [9.17, 15) is 9.59 Å². The van der Waals surface area contributed by atoms with E-state index in [0.29, 0.717) is 29.2 Å². The van der Waals surface area contributed by atoms with Gasteiger partial charge in [0.05, 0.1) is 37.1 Å². The highest BCUT2D eigenvalue weighted by molar-refractivity contribution is 7.13. The highest BCUT2D eigenvalue weighted by atomic mass is 32.1. The van der Waals surface area contributed by atoms with Gasteiger partial charge in [-0.15, -0.1) is 21.5 Å². The van der Waals surface area contributed by atoms with Crippen LogP contribution in [0.5, 0.6) is 0 Å². The fourth-order valence-electron chi connectivity index (χ4n) is 3.41. The summed E-state index contributed by atoms with van der Waals surface area (Å²) in [5.74, 6) is 0.799. The Morgan fingerprint density at radius 3 is 2.90 bits per heavy atom. The highest BCUT2D eigenvalue weighted by Crippen LogP contribution is 2.29. The number of nitrogens with one attached hydrogen (secondary N) is 1. The number of carbonyl (C=O) groups is 2. The van der Waals surface area contributed by atoms with E-state index in [1.54, 1.807) is 30.9 Å². The quantitative estimate of drug-likeness (QED) is 0.521. The summed E-state index contributed by atoms with van der Waals surface area (Å²) in [5.41, 5.74) is 1.36. The predicted molar refractivity (Wildman–Crippen MR) is 111 cm³/mol. The van der Waals surface area contributed by atoms with Crippen LogP contribution in [0.4, 0.5) is 5.13 Å². The van der Waals surface area contributed by atoms with Gasteiger partial charge in [0.15, 0.2) is 5.13 Å². The molecule has 1 N–H and O–H groups in total. The van der Waals surface area contributed by atoms with Crippen molar-refractivity contribution in [3.05, 3.63) is 35.6 Å². The molecular weight excluding hydrogens is 422 g/mol. The molecule has 164 valence electrons. The second-order valence-electron chi connectivity index (χ2n) is 7.18. The maximum atomic E-state index is 12.4. The highest BCUT2D eigenvalue weighted by Gasteiger charge is 2.26. The first kappa shape index (κ1) is 21.2. The molecule has 4 heterocycles. The first-order valence-electron chi connectivity index (χ1n) is 10.1. The molecule has 1 amide bonds. The van der Waals surface area contributed by atoms with Gasteiger partial charge in [-0.3, -0.25) is 14.5 Å². The van der Waals surface area contributed by atoms with E-state index in [4.69, 9.17) is 13.6 Å². The largest absolute Gasteiger partial charge is 0.472 e. The monoisotopic (exact) mass is 445 g/mol. The smallest absolute Gasteiger partial charge is 0.311 e. The van der Waals surface area contributed by atoms with E-state index in [-0.39, 0.29) is 30.8 Å². The minimum atomic E-state index is -0.327. The Morgan fingerprint density at radius 2 is 2.16 bits per heavy atom. The molecule has 0 saturated carbocycles. The fourth-order valence-corrected chi connectivity index (χ4v) is 4.13. The molecule has 1 aliphatic rings. The standard InChI is InChI=1S/C20H23N5O5S/c1-2-29-17(27)9-15-12-31-20(21-15)22-16(26)10-25-6-3-13(4-7-25)18-23-24-19(30-18)14-5-8-28-11-14/h5,8,11-13H,2-4,6-7,9-10H2,1H3,(H,21,22,26). The summed E-state index contributed by atoms with van der Waals surface area (Å²) < 4.78 is 15.7. The number of ether oxygens (including phenoxy) is 1. The molecule has 3 aromatic heterocycles. The van der Waals surface area contributed by atoms with Gasteiger partial charge < -0.3 is 18.9 Å². The molecule has 1 saturated heterocycles. The molecule has 31 heavy (non-hydrogen) atoms. The molecule has 0 bridgehead atoms. The normalized spacial score (nSPS) is 15.1. The molecule has 0 unspecified atom stereocenters. The van der Waals surface area contributed by atoms with Gasteiger partial charge in [-0.05, 0) is 38.9 Å².